The lowest BCUT2D eigenvalue weighted by Gasteiger charge is -2.22. The largest absolute Gasteiger partial charge is 0.508 e. The number of aromatic hydroxyl groups is 1. The van der Waals surface area contributed by atoms with Crippen LogP contribution in [0.5, 0.6) is 5.75 Å². The van der Waals surface area contributed by atoms with Crippen LogP contribution in [-0.4, -0.2) is 45.6 Å². The highest BCUT2D eigenvalue weighted by Crippen LogP contribution is 2.39. The van der Waals surface area contributed by atoms with Crippen LogP contribution >= 0.6 is 11.8 Å². The van der Waals surface area contributed by atoms with Crippen LogP contribution in [0.2, 0.25) is 0 Å². The van der Waals surface area contributed by atoms with Gasteiger partial charge in [0.05, 0.1) is 0 Å². The first-order valence-electron chi connectivity index (χ1n) is 11.4. The van der Waals surface area contributed by atoms with Gasteiger partial charge in [-0.2, -0.15) is 0 Å². The minimum Gasteiger partial charge on any atom is -0.508 e. The Balaban J connectivity index is 1.43. The first-order valence-corrected chi connectivity index (χ1v) is 12.4. The van der Waals surface area contributed by atoms with E-state index in [9.17, 15) is 5.11 Å². The van der Waals surface area contributed by atoms with Crippen LogP contribution in [0, 0.1) is 0 Å². The normalized spacial score (nSPS) is 15.7. The number of thioether (sulfide) groups is 1. The second-order valence-electron chi connectivity index (χ2n) is 8.24. The molecule has 3 aromatic rings. The molecule has 5 nitrogen and oxygen atoms in total. The highest BCUT2D eigenvalue weighted by atomic mass is 32.2. The maximum atomic E-state index is 10.3. The molecule has 168 valence electrons. The predicted octanol–water partition coefficient (Wildman–Crippen LogP) is 6.17. The smallest absolute Gasteiger partial charge is 0.247 e. The third-order valence-corrected chi connectivity index (χ3v) is 7.15. The van der Waals surface area contributed by atoms with Gasteiger partial charge in [0.25, 0.3) is 0 Å². The summed E-state index contributed by atoms with van der Waals surface area (Å²) in [5.74, 6) is 2.11. The Morgan fingerprint density at radius 2 is 1.88 bits per heavy atom. The fourth-order valence-electron chi connectivity index (χ4n) is 4.21. The molecule has 1 aliphatic rings. The summed E-state index contributed by atoms with van der Waals surface area (Å²) >= 11 is 1.66. The highest BCUT2D eigenvalue weighted by molar-refractivity contribution is 7.99. The summed E-state index contributed by atoms with van der Waals surface area (Å²) in [4.78, 5) is 2.45. The number of para-hydroxylation sites is 1. The number of rotatable bonds is 9. The van der Waals surface area contributed by atoms with Crippen molar-refractivity contribution in [2.24, 2.45) is 0 Å². The lowest BCUT2D eigenvalue weighted by Crippen LogP contribution is -2.29. The number of hydrogen-bond acceptors (Lipinski definition) is 6. The van der Waals surface area contributed by atoms with E-state index in [0.717, 1.165) is 35.0 Å². The van der Waals surface area contributed by atoms with E-state index >= 15 is 0 Å². The van der Waals surface area contributed by atoms with Crippen molar-refractivity contribution in [3.05, 3.63) is 71.6 Å². The molecule has 6 heteroatoms. The summed E-state index contributed by atoms with van der Waals surface area (Å²) in [7, 11) is 2.22. The molecule has 1 aromatic heterocycles. The van der Waals surface area contributed by atoms with Gasteiger partial charge in [-0.3, -0.25) is 4.90 Å². The molecule has 1 unspecified atom stereocenters. The van der Waals surface area contributed by atoms with E-state index in [0.29, 0.717) is 11.8 Å². The zero-order chi connectivity index (χ0) is 22.3. The maximum absolute atomic E-state index is 10.3. The molecule has 0 amide bonds. The molecule has 0 spiro atoms. The minimum absolute atomic E-state index is 0.193. The van der Waals surface area contributed by atoms with Gasteiger partial charge in [0, 0.05) is 23.7 Å². The summed E-state index contributed by atoms with van der Waals surface area (Å²) < 4.78 is 6.02. The molecule has 1 fully saturated rings. The van der Waals surface area contributed by atoms with E-state index in [1.807, 2.05) is 30.3 Å². The number of aromatic nitrogens is 2. The third-order valence-electron chi connectivity index (χ3n) is 6.03. The molecule has 32 heavy (non-hydrogen) atoms. The molecule has 1 aliphatic carbocycles. The zero-order valence-electron chi connectivity index (χ0n) is 18.8. The predicted molar refractivity (Wildman–Crippen MR) is 132 cm³/mol. The quantitative estimate of drug-likeness (QED) is 0.421. The first-order chi connectivity index (χ1) is 15.7. The summed E-state index contributed by atoms with van der Waals surface area (Å²) in [6.07, 6.45) is 9.78. The van der Waals surface area contributed by atoms with Gasteiger partial charge < -0.3 is 9.52 Å². The van der Waals surface area contributed by atoms with Gasteiger partial charge in [0.1, 0.15) is 11.0 Å². The van der Waals surface area contributed by atoms with Gasteiger partial charge in [-0.1, -0.05) is 62.2 Å². The van der Waals surface area contributed by atoms with Gasteiger partial charge in [-0.05, 0) is 49.4 Å². The fourth-order valence-corrected chi connectivity index (χ4v) is 5.16. The van der Waals surface area contributed by atoms with Gasteiger partial charge in [-0.15, -0.1) is 22.0 Å². The molecule has 2 aromatic carbocycles. The van der Waals surface area contributed by atoms with Gasteiger partial charge >= 0.3 is 0 Å². The van der Waals surface area contributed by atoms with Crippen molar-refractivity contribution < 1.29 is 9.52 Å². The minimum atomic E-state index is -0.193. The van der Waals surface area contributed by atoms with Crippen LogP contribution in [-0.2, 0) is 0 Å². The van der Waals surface area contributed by atoms with Crippen LogP contribution in [0.3, 0.4) is 0 Å². The summed E-state index contributed by atoms with van der Waals surface area (Å²) in [6.45, 7) is 3.05. The Labute approximate surface area is 194 Å². The summed E-state index contributed by atoms with van der Waals surface area (Å²) in [5, 5.41) is 18.6. The molecule has 1 atom stereocenters. The van der Waals surface area contributed by atoms with Crippen molar-refractivity contribution in [1.29, 1.82) is 0 Å². The summed E-state index contributed by atoms with van der Waals surface area (Å²) in [5.41, 5.74) is 2.83. The van der Waals surface area contributed by atoms with Crippen LogP contribution < -0.4 is 0 Å². The molecule has 0 radical (unpaired) electrons. The lowest BCUT2D eigenvalue weighted by atomic mass is 10.1. The SMILES string of the molecule is CCSC(c1nnc(-c2ccc(C=CCN(C)C3CCCC3)cc2)o1)c1ccccc1O. The molecule has 0 bridgehead atoms. The van der Waals surface area contributed by atoms with E-state index in [4.69, 9.17) is 4.42 Å². The topological polar surface area (TPSA) is 62.4 Å². The monoisotopic (exact) mass is 449 g/mol. The van der Waals surface area contributed by atoms with Crippen molar-refractivity contribution in [2.75, 3.05) is 19.3 Å². The van der Waals surface area contributed by atoms with Crippen LogP contribution in [0.25, 0.3) is 17.5 Å². The van der Waals surface area contributed by atoms with Crippen molar-refractivity contribution in [3.63, 3.8) is 0 Å². The highest BCUT2D eigenvalue weighted by Gasteiger charge is 2.24. The van der Waals surface area contributed by atoms with E-state index in [-0.39, 0.29) is 11.0 Å². The molecular weight excluding hydrogens is 418 g/mol. The number of hydrogen-bond donors (Lipinski definition) is 1. The van der Waals surface area contributed by atoms with Crippen LogP contribution in [0.15, 0.2) is 59.0 Å². The maximum Gasteiger partial charge on any atom is 0.247 e. The number of phenolic OH excluding ortho intramolecular Hbond substituents is 1. The van der Waals surface area contributed by atoms with Gasteiger partial charge in [0.2, 0.25) is 11.8 Å². The van der Waals surface area contributed by atoms with Crippen LogP contribution in [0.1, 0.15) is 54.9 Å². The van der Waals surface area contributed by atoms with Gasteiger partial charge in [-0.25, -0.2) is 0 Å². The van der Waals surface area contributed by atoms with Crippen molar-refractivity contribution in [2.45, 2.75) is 43.9 Å². The molecule has 0 aliphatic heterocycles. The van der Waals surface area contributed by atoms with E-state index < -0.39 is 0 Å². The first kappa shape index (κ1) is 22.6. The Hall–Kier alpha value is -2.57. The third kappa shape index (κ3) is 5.43. The van der Waals surface area contributed by atoms with Crippen molar-refractivity contribution >= 4 is 17.8 Å². The standard InChI is InChI=1S/C26H31N3O2S/c1-3-32-24(22-12-6-7-13-23(22)30)26-28-27-25(31-26)20-16-14-19(15-17-20)9-8-18-29(2)21-10-4-5-11-21/h6-9,12-17,21,24,30H,3-5,10-11,18H2,1-2H3. The van der Waals surface area contributed by atoms with E-state index in [2.05, 4.69) is 53.4 Å². The molecule has 4 rings (SSSR count). The van der Waals surface area contributed by atoms with Crippen molar-refractivity contribution in [3.8, 4) is 17.2 Å². The van der Waals surface area contributed by atoms with E-state index in [1.54, 1.807) is 17.8 Å². The van der Waals surface area contributed by atoms with Crippen molar-refractivity contribution in [1.82, 2.24) is 15.1 Å². The fraction of sp³-hybridized carbons (Fsp3) is 0.385. The number of nitrogens with zero attached hydrogens (tertiary/aromatic N) is 3. The Morgan fingerprint density at radius 1 is 1.12 bits per heavy atom. The Morgan fingerprint density at radius 3 is 2.59 bits per heavy atom. The molecule has 1 saturated carbocycles. The summed E-state index contributed by atoms with van der Waals surface area (Å²) in [6, 6.07) is 16.2. The number of likely N-dealkylation sites (N-methyl/N-ethyl adjacent to an activating group) is 1. The Kier molecular flexibility index (Phi) is 7.66. The Bertz CT molecular complexity index is 1030. The number of phenols is 1. The van der Waals surface area contributed by atoms with E-state index in [1.165, 1.54) is 25.7 Å². The number of benzene rings is 2. The van der Waals surface area contributed by atoms with Gasteiger partial charge in [0.15, 0.2) is 0 Å². The lowest BCUT2D eigenvalue weighted by molar-refractivity contribution is 0.271. The average molecular weight is 450 g/mol. The second kappa shape index (κ2) is 10.8. The molecule has 1 N–H and O–H groups in total. The molecule has 1 heterocycles. The molecule has 0 saturated heterocycles. The average Bonchev–Trinajstić information content (AvgIpc) is 3.51. The molecular formula is C26H31N3O2S. The van der Waals surface area contributed by atoms with Crippen LogP contribution in [0.4, 0.5) is 0 Å². The second-order valence-corrected chi connectivity index (χ2v) is 9.62. The zero-order valence-corrected chi connectivity index (χ0v) is 19.6.